The second-order valence-electron chi connectivity index (χ2n) is 9.49. The van der Waals surface area contributed by atoms with Crippen molar-refractivity contribution >= 4 is 34.2 Å². The molecule has 0 spiro atoms. The van der Waals surface area contributed by atoms with E-state index < -0.39 is 6.23 Å². The van der Waals surface area contributed by atoms with Gasteiger partial charge in [0, 0.05) is 12.8 Å². The van der Waals surface area contributed by atoms with Crippen LogP contribution >= 0.6 is 11.3 Å². The first kappa shape index (κ1) is 29.8. The zero-order valence-corrected chi connectivity index (χ0v) is 23.8. The van der Waals surface area contributed by atoms with Gasteiger partial charge in [-0.25, -0.2) is 0 Å². The molecule has 2 aromatic heterocycles. The highest BCUT2D eigenvalue weighted by molar-refractivity contribution is 7.15. The molecule has 11 heteroatoms. The van der Waals surface area contributed by atoms with Gasteiger partial charge in [0.25, 0.3) is 0 Å². The molecule has 4 aromatic rings. The number of amides is 1. The zero-order chi connectivity index (χ0) is 28.9. The lowest BCUT2D eigenvalue weighted by atomic mass is 10.1. The molecule has 4 rings (SSSR count). The molecule has 2 aromatic carbocycles. The van der Waals surface area contributed by atoms with Gasteiger partial charge in [0.15, 0.2) is 5.82 Å². The first-order valence-electron chi connectivity index (χ1n) is 13.6. The van der Waals surface area contributed by atoms with Gasteiger partial charge in [-0.1, -0.05) is 65.9 Å². The molecular weight excluding hydrogens is 540 g/mol. The number of carbonyl (C=O) groups is 2. The van der Waals surface area contributed by atoms with Crippen molar-refractivity contribution in [3.63, 3.8) is 0 Å². The van der Waals surface area contributed by atoms with Gasteiger partial charge < -0.3 is 20.5 Å². The molecule has 1 amide bonds. The number of benzene rings is 2. The molecule has 0 bridgehead atoms. The maximum Gasteiger partial charge on any atom is 0.310 e. The first-order valence-corrected chi connectivity index (χ1v) is 14.5. The Bertz CT molecular complexity index is 1400. The summed E-state index contributed by atoms with van der Waals surface area (Å²) in [4.78, 5) is 24.2. The van der Waals surface area contributed by atoms with Crippen molar-refractivity contribution in [2.24, 2.45) is 0 Å². The van der Waals surface area contributed by atoms with Crippen molar-refractivity contribution in [1.82, 2.24) is 20.4 Å². The molecule has 3 N–H and O–H groups in total. The van der Waals surface area contributed by atoms with Gasteiger partial charge >= 0.3 is 5.97 Å². The van der Waals surface area contributed by atoms with Crippen LogP contribution in [0.3, 0.4) is 0 Å². The van der Waals surface area contributed by atoms with Crippen molar-refractivity contribution in [3.8, 4) is 0 Å². The van der Waals surface area contributed by atoms with Crippen molar-refractivity contribution < 1.29 is 19.4 Å². The van der Waals surface area contributed by atoms with Crippen LogP contribution in [0.25, 0.3) is 0 Å². The number of aliphatic hydroxyl groups excluding tert-OH is 1. The lowest BCUT2D eigenvalue weighted by molar-refractivity contribution is -0.142. The van der Waals surface area contributed by atoms with E-state index in [1.54, 1.807) is 6.92 Å². The zero-order valence-electron chi connectivity index (χ0n) is 23.0. The number of ether oxygens (including phenoxy) is 1. The number of aliphatic hydroxyl groups is 1. The summed E-state index contributed by atoms with van der Waals surface area (Å²) >= 11 is 1.37. The third kappa shape index (κ3) is 10.4. The second-order valence-corrected chi connectivity index (χ2v) is 10.6. The second kappa shape index (κ2) is 15.5. The van der Waals surface area contributed by atoms with E-state index in [0.717, 1.165) is 53.1 Å². The summed E-state index contributed by atoms with van der Waals surface area (Å²) in [7, 11) is 0. The van der Waals surface area contributed by atoms with Crippen molar-refractivity contribution in [3.05, 3.63) is 94.1 Å². The molecule has 1 unspecified atom stereocenters. The molecule has 0 aliphatic rings. The molecule has 0 fully saturated rings. The topological polar surface area (TPSA) is 139 Å². The molecular formula is C30H34N6O4S. The summed E-state index contributed by atoms with van der Waals surface area (Å²) in [6.07, 6.45) is 3.42. The van der Waals surface area contributed by atoms with Crippen LogP contribution in [0.4, 0.5) is 10.9 Å². The number of hydrogen-bond donors (Lipinski definition) is 3. The number of rotatable bonds is 15. The average Bonchev–Trinajstić information content (AvgIpc) is 3.39. The standard InChI is InChI=1S/C30H34N6O4S/c1-2-40-29(39)20-23-12-8-11-22(17-23)19-27(38)32-30-36-35-28(41-30)14-7-6-13-24-15-16-25(34-33-24)31-26(37)18-21-9-4-3-5-10-21/h3-5,8-12,15-17,26,37H,2,6-7,13-14,18-20H2,1H3,(H,31,34)(H,32,36,38). The van der Waals surface area contributed by atoms with Crippen LogP contribution < -0.4 is 10.6 Å². The van der Waals surface area contributed by atoms with Crippen LogP contribution in [0.15, 0.2) is 66.7 Å². The largest absolute Gasteiger partial charge is 0.466 e. The van der Waals surface area contributed by atoms with E-state index in [9.17, 15) is 14.7 Å². The van der Waals surface area contributed by atoms with Gasteiger partial charge in [0.2, 0.25) is 11.0 Å². The minimum absolute atomic E-state index is 0.174. The summed E-state index contributed by atoms with van der Waals surface area (Å²) in [6.45, 7) is 2.11. The number of nitrogens with one attached hydrogen (secondary N) is 2. The Kier molecular flexibility index (Phi) is 11.3. The Morgan fingerprint density at radius 1 is 0.878 bits per heavy atom. The van der Waals surface area contributed by atoms with Gasteiger partial charge in [0.05, 0.1) is 25.1 Å². The van der Waals surface area contributed by atoms with Gasteiger partial charge in [-0.05, 0) is 55.0 Å². The van der Waals surface area contributed by atoms with Crippen LogP contribution in [0, 0.1) is 0 Å². The smallest absolute Gasteiger partial charge is 0.310 e. The lowest BCUT2D eigenvalue weighted by Crippen LogP contribution is -2.22. The number of esters is 1. The van der Waals surface area contributed by atoms with Gasteiger partial charge in [-0.3, -0.25) is 9.59 Å². The third-order valence-electron chi connectivity index (χ3n) is 6.10. The first-order chi connectivity index (χ1) is 20.0. The fraction of sp³-hybridized carbons (Fsp3) is 0.333. The fourth-order valence-corrected chi connectivity index (χ4v) is 4.99. The van der Waals surface area contributed by atoms with E-state index in [1.807, 2.05) is 66.7 Å². The number of unbranched alkanes of at least 4 members (excludes halogenated alkanes) is 1. The van der Waals surface area contributed by atoms with Crippen LogP contribution in [0.5, 0.6) is 0 Å². The van der Waals surface area contributed by atoms with Crippen LogP contribution in [0.1, 0.15) is 47.2 Å². The predicted octanol–water partition coefficient (Wildman–Crippen LogP) is 4.15. The Hall–Kier alpha value is -4.22. The van der Waals surface area contributed by atoms with Crippen molar-refractivity contribution in [1.29, 1.82) is 0 Å². The Morgan fingerprint density at radius 3 is 2.39 bits per heavy atom. The highest BCUT2D eigenvalue weighted by atomic mass is 32.1. The number of anilines is 2. The summed E-state index contributed by atoms with van der Waals surface area (Å²) < 4.78 is 4.99. The van der Waals surface area contributed by atoms with Gasteiger partial charge in [-0.2, -0.15) is 5.10 Å². The summed E-state index contributed by atoms with van der Waals surface area (Å²) in [5.74, 6) is 0.0552. The number of nitrogens with zero attached hydrogens (tertiary/aromatic N) is 4. The summed E-state index contributed by atoms with van der Waals surface area (Å²) in [5.41, 5.74) is 3.54. The maximum absolute atomic E-state index is 12.5. The number of hydrogen-bond acceptors (Lipinski definition) is 10. The van der Waals surface area contributed by atoms with Crippen LogP contribution in [-0.2, 0) is 46.4 Å². The normalized spacial score (nSPS) is 11.6. The quantitative estimate of drug-likeness (QED) is 0.109. The molecule has 214 valence electrons. The van der Waals surface area contributed by atoms with E-state index in [2.05, 4.69) is 31.0 Å². The molecule has 41 heavy (non-hydrogen) atoms. The molecule has 0 radical (unpaired) electrons. The van der Waals surface area contributed by atoms with E-state index in [1.165, 1.54) is 11.3 Å². The minimum Gasteiger partial charge on any atom is -0.466 e. The van der Waals surface area contributed by atoms with E-state index >= 15 is 0 Å². The summed E-state index contributed by atoms with van der Waals surface area (Å²) in [5, 5.41) is 34.1. The van der Waals surface area contributed by atoms with Crippen LogP contribution in [-0.4, -0.2) is 50.2 Å². The number of aromatic nitrogens is 4. The third-order valence-corrected chi connectivity index (χ3v) is 7.00. The average molecular weight is 575 g/mol. The lowest BCUT2D eigenvalue weighted by Gasteiger charge is -2.13. The van der Waals surface area contributed by atoms with Gasteiger partial charge in [0.1, 0.15) is 11.2 Å². The number of aryl methyl sites for hydroxylation is 2. The molecule has 0 saturated carbocycles. The predicted molar refractivity (Wildman–Crippen MR) is 157 cm³/mol. The molecule has 0 aliphatic heterocycles. The molecule has 0 saturated heterocycles. The van der Waals surface area contributed by atoms with Crippen LogP contribution in [0.2, 0.25) is 0 Å². The minimum atomic E-state index is -0.742. The number of carbonyl (C=O) groups excluding carboxylic acids is 2. The monoisotopic (exact) mass is 574 g/mol. The van der Waals surface area contributed by atoms with E-state index in [-0.39, 0.29) is 24.7 Å². The summed E-state index contributed by atoms with van der Waals surface area (Å²) in [6, 6.07) is 20.9. The molecule has 10 nitrogen and oxygen atoms in total. The Labute approximate surface area is 243 Å². The highest BCUT2D eigenvalue weighted by Gasteiger charge is 2.11. The Balaban J connectivity index is 1.15. The van der Waals surface area contributed by atoms with Crippen molar-refractivity contribution in [2.75, 3.05) is 17.2 Å². The van der Waals surface area contributed by atoms with E-state index in [4.69, 9.17) is 4.74 Å². The molecule has 2 heterocycles. The molecule has 0 aliphatic carbocycles. The fourth-order valence-electron chi connectivity index (χ4n) is 4.19. The highest BCUT2D eigenvalue weighted by Crippen LogP contribution is 2.18. The van der Waals surface area contributed by atoms with E-state index in [0.29, 0.717) is 24.0 Å². The van der Waals surface area contributed by atoms with Crippen molar-refractivity contribution in [2.45, 2.75) is 58.1 Å². The SMILES string of the molecule is CCOC(=O)Cc1cccc(CC(=O)Nc2nnc(CCCCc3ccc(NC(O)Cc4ccccc4)nn3)s2)c1. The molecule has 1 atom stereocenters. The van der Waals surface area contributed by atoms with Gasteiger partial charge in [-0.15, -0.1) is 15.3 Å². The Morgan fingerprint density at radius 2 is 1.63 bits per heavy atom. The maximum atomic E-state index is 12.5.